The molecule has 5 nitrogen and oxygen atoms in total. The fourth-order valence-electron chi connectivity index (χ4n) is 5.17. The van der Waals surface area contributed by atoms with Crippen LogP contribution in [-0.2, 0) is 22.9 Å². The Bertz CT molecular complexity index is 947. The van der Waals surface area contributed by atoms with E-state index in [1.807, 2.05) is 30.3 Å². The maximum absolute atomic E-state index is 13.5. The Morgan fingerprint density at radius 1 is 1.00 bits per heavy atom. The van der Waals surface area contributed by atoms with Gasteiger partial charge in [0.15, 0.2) is 0 Å². The van der Waals surface area contributed by atoms with E-state index in [1.165, 1.54) is 17.5 Å². The highest BCUT2D eigenvalue weighted by molar-refractivity contribution is 7.89. The maximum Gasteiger partial charge on any atom is 0.243 e. The molecule has 2 unspecified atom stereocenters. The Kier molecular flexibility index (Phi) is 4.63. The van der Waals surface area contributed by atoms with Gasteiger partial charge in [0, 0.05) is 31.1 Å². The molecule has 2 fully saturated rings. The van der Waals surface area contributed by atoms with E-state index in [4.69, 9.17) is 4.74 Å². The standard InChI is InChI=1S/C22H26N2O3S/c25-28(26,22-10-7-16-4-1-2-5-17(16)12-22)24-18-8-9-19(24)14-21(13-18)27-20-6-3-11-23-15-20/h3,6-7,10-12,15,18-19,21H,1-2,4-5,8-9,13-14H2. The average Bonchev–Trinajstić information content (AvgIpc) is 3.00. The molecule has 2 saturated heterocycles. The fraction of sp³-hybridized carbons (Fsp3) is 0.500. The van der Waals surface area contributed by atoms with Gasteiger partial charge >= 0.3 is 0 Å². The van der Waals surface area contributed by atoms with Crippen LogP contribution in [0.3, 0.4) is 0 Å². The summed E-state index contributed by atoms with van der Waals surface area (Å²) < 4.78 is 34.8. The third-order valence-corrected chi connectivity index (χ3v) is 8.46. The number of hydrogen-bond donors (Lipinski definition) is 0. The molecule has 2 aromatic rings. The van der Waals surface area contributed by atoms with Gasteiger partial charge < -0.3 is 4.74 Å². The first-order valence-corrected chi connectivity index (χ1v) is 11.8. The molecule has 2 aliphatic heterocycles. The summed E-state index contributed by atoms with van der Waals surface area (Å²) in [6.45, 7) is 0. The highest BCUT2D eigenvalue weighted by Crippen LogP contribution is 2.41. The maximum atomic E-state index is 13.5. The lowest BCUT2D eigenvalue weighted by Gasteiger charge is -2.38. The summed E-state index contributed by atoms with van der Waals surface area (Å²) in [5.41, 5.74) is 2.53. The van der Waals surface area contributed by atoms with Crippen LogP contribution in [0.25, 0.3) is 0 Å². The van der Waals surface area contributed by atoms with E-state index in [0.717, 1.165) is 50.7 Å². The summed E-state index contributed by atoms with van der Waals surface area (Å²) in [5.74, 6) is 0.762. The van der Waals surface area contributed by atoms with Crippen molar-refractivity contribution < 1.29 is 13.2 Å². The number of hydrogen-bond acceptors (Lipinski definition) is 4. The predicted octanol–water partition coefficient (Wildman–Crippen LogP) is 3.72. The monoisotopic (exact) mass is 398 g/mol. The molecule has 1 aliphatic carbocycles. The minimum absolute atomic E-state index is 0.0291. The van der Waals surface area contributed by atoms with E-state index in [9.17, 15) is 8.42 Å². The Morgan fingerprint density at radius 2 is 1.75 bits per heavy atom. The van der Waals surface area contributed by atoms with Crippen LogP contribution in [0.5, 0.6) is 5.75 Å². The molecule has 0 N–H and O–H groups in total. The largest absolute Gasteiger partial charge is 0.489 e. The molecule has 148 valence electrons. The van der Waals surface area contributed by atoms with Crippen molar-refractivity contribution >= 4 is 10.0 Å². The summed E-state index contributed by atoms with van der Waals surface area (Å²) in [6, 6.07) is 9.60. The number of fused-ring (bicyclic) bond motifs is 3. The van der Waals surface area contributed by atoms with Gasteiger partial charge in [0.1, 0.15) is 11.9 Å². The molecule has 0 radical (unpaired) electrons. The minimum atomic E-state index is -3.46. The first-order chi connectivity index (χ1) is 13.6. The highest BCUT2D eigenvalue weighted by atomic mass is 32.2. The fourth-order valence-corrected chi connectivity index (χ4v) is 7.12. The van der Waals surface area contributed by atoms with E-state index in [2.05, 4.69) is 4.98 Å². The van der Waals surface area contributed by atoms with E-state index in [-0.39, 0.29) is 18.2 Å². The van der Waals surface area contributed by atoms with Crippen LogP contribution < -0.4 is 4.74 Å². The Hall–Kier alpha value is -1.92. The number of nitrogens with zero attached hydrogens (tertiary/aromatic N) is 2. The summed E-state index contributed by atoms with van der Waals surface area (Å²) in [7, 11) is -3.46. The third-order valence-electron chi connectivity index (χ3n) is 6.46. The summed E-state index contributed by atoms with van der Waals surface area (Å²) >= 11 is 0. The normalized spacial score (nSPS) is 27.4. The average molecular weight is 399 g/mol. The van der Waals surface area contributed by atoms with Crippen LogP contribution in [-0.4, -0.2) is 35.9 Å². The lowest BCUT2D eigenvalue weighted by molar-refractivity contribution is 0.0953. The van der Waals surface area contributed by atoms with Crippen LogP contribution >= 0.6 is 0 Å². The minimum Gasteiger partial charge on any atom is -0.489 e. The van der Waals surface area contributed by atoms with Gasteiger partial charge in [-0.15, -0.1) is 0 Å². The van der Waals surface area contributed by atoms with E-state index in [0.29, 0.717) is 4.90 Å². The van der Waals surface area contributed by atoms with Crippen molar-refractivity contribution in [2.24, 2.45) is 0 Å². The SMILES string of the molecule is O=S(=O)(c1ccc2c(c1)CCCC2)N1C2CCC1CC(Oc1cccnc1)C2. The zero-order valence-electron chi connectivity index (χ0n) is 16.0. The van der Waals surface area contributed by atoms with Gasteiger partial charge in [-0.25, -0.2) is 8.42 Å². The molecule has 3 aliphatic rings. The third kappa shape index (κ3) is 3.22. The number of aryl methyl sites for hydroxylation is 2. The first kappa shape index (κ1) is 18.1. The Balaban J connectivity index is 1.37. The molecular weight excluding hydrogens is 372 g/mol. The van der Waals surface area contributed by atoms with Gasteiger partial charge in [0.25, 0.3) is 0 Å². The van der Waals surface area contributed by atoms with Gasteiger partial charge in [-0.3, -0.25) is 4.98 Å². The summed E-state index contributed by atoms with van der Waals surface area (Å²) in [5, 5.41) is 0. The molecule has 0 spiro atoms. The molecule has 1 aromatic carbocycles. The Labute approximate surface area is 166 Å². The first-order valence-electron chi connectivity index (χ1n) is 10.3. The number of aromatic nitrogens is 1. The molecule has 1 aromatic heterocycles. The topological polar surface area (TPSA) is 59.5 Å². The van der Waals surface area contributed by atoms with Crippen molar-refractivity contribution in [2.75, 3.05) is 0 Å². The van der Waals surface area contributed by atoms with Gasteiger partial charge in [-0.1, -0.05) is 6.07 Å². The van der Waals surface area contributed by atoms with Crippen molar-refractivity contribution in [1.82, 2.24) is 9.29 Å². The zero-order chi connectivity index (χ0) is 19.1. The number of sulfonamides is 1. The van der Waals surface area contributed by atoms with Gasteiger partial charge in [-0.05, 0) is 73.9 Å². The summed E-state index contributed by atoms with van der Waals surface area (Å²) in [4.78, 5) is 4.57. The molecule has 28 heavy (non-hydrogen) atoms. The predicted molar refractivity (Wildman–Crippen MR) is 107 cm³/mol. The van der Waals surface area contributed by atoms with Crippen LogP contribution in [0.2, 0.25) is 0 Å². The van der Waals surface area contributed by atoms with E-state index >= 15 is 0 Å². The molecule has 0 amide bonds. The molecule has 5 rings (SSSR count). The second-order valence-electron chi connectivity index (χ2n) is 8.26. The van der Waals surface area contributed by atoms with Crippen LogP contribution in [0.1, 0.15) is 49.7 Å². The van der Waals surface area contributed by atoms with Gasteiger partial charge in [-0.2, -0.15) is 4.31 Å². The molecule has 2 bridgehead atoms. The van der Waals surface area contributed by atoms with Gasteiger partial charge in [0.05, 0.1) is 11.1 Å². The smallest absolute Gasteiger partial charge is 0.243 e. The van der Waals surface area contributed by atoms with Crippen molar-refractivity contribution in [3.05, 3.63) is 53.9 Å². The van der Waals surface area contributed by atoms with Crippen molar-refractivity contribution in [3.8, 4) is 5.75 Å². The molecule has 3 heterocycles. The van der Waals surface area contributed by atoms with Gasteiger partial charge in [0.2, 0.25) is 10.0 Å². The van der Waals surface area contributed by atoms with Crippen molar-refractivity contribution in [2.45, 2.75) is 74.4 Å². The lowest BCUT2D eigenvalue weighted by atomic mass is 9.92. The second kappa shape index (κ2) is 7.16. The number of piperidine rings is 1. The van der Waals surface area contributed by atoms with Crippen molar-refractivity contribution in [1.29, 1.82) is 0 Å². The quantitative estimate of drug-likeness (QED) is 0.788. The number of benzene rings is 1. The number of pyridine rings is 1. The lowest BCUT2D eigenvalue weighted by Crippen LogP contribution is -2.49. The van der Waals surface area contributed by atoms with E-state index < -0.39 is 10.0 Å². The van der Waals surface area contributed by atoms with Crippen molar-refractivity contribution in [3.63, 3.8) is 0 Å². The zero-order valence-corrected chi connectivity index (χ0v) is 16.8. The molecule has 2 atom stereocenters. The molecule has 0 saturated carbocycles. The highest BCUT2D eigenvalue weighted by Gasteiger charge is 2.48. The van der Waals surface area contributed by atoms with Crippen LogP contribution in [0, 0.1) is 0 Å². The second-order valence-corrected chi connectivity index (χ2v) is 10.1. The Morgan fingerprint density at radius 3 is 2.46 bits per heavy atom. The number of rotatable bonds is 4. The molecular formula is C22H26N2O3S. The van der Waals surface area contributed by atoms with E-state index in [1.54, 1.807) is 16.7 Å². The summed E-state index contributed by atoms with van der Waals surface area (Å²) in [6.07, 6.45) is 11.2. The number of ether oxygens (including phenoxy) is 1. The van der Waals surface area contributed by atoms with Crippen LogP contribution in [0.4, 0.5) is 0 Å². The molecule has 6 heteroatoms. The van der Waals surface area contributed by atoms with Crippen LogP contribution in [0.15, 0.2) is 47.6 Å².